The summed E-state index contributed by atoms with van der Waals surface area (Å²) in [6.07, 6.45) is 0.0291. The number of nitrogens with one attached hydrogen (secondary N) is 1. The highest BCUT2D eigenvalue weighted by atomic mass is 32.2. The van der Waals surface area contributed by atoms with Gasteiger partial charge in [-0.1, -0.05) is 12.1 Å². The first-order valence-electron chi connectivity index (χ1n) is 10.1. The van der Waals surface area contributed by atoms with Gasteiger partial charge in [-0.2, -0.15) is 5.26 Å². The maximum Gasteiger partial charge on any atom is 0.311 e. The quantitative estimate of drug-likeness (QED) is 0.459. The third-order valence-corrected chi connectivity index (χ3v) is 5.66. The minimum Gasteiger partial charge on any atom is -0.494 e. The highest BCUT2D eigenvalue weighted by Gasteiger charge is 2.36. The second-order valence-corrected chi connectivity index (χ2v) is 7.95. The van der Waals surface area contributed by atoms with Gasteiger partial charge in [0.1, 0.15) is 5.75 Å². The molecule has 2 aromatic carbocycles. The van der Waals surface area contributed by atoms with Crippen molar-refractivity contribution in [2.75, 3.05) is 35.7 Å². The zero-order valence-electron chi connectivity index (χ0n) is 17.6. The summed E-state index contributed by atoms with van der Waals surface area (Å²) in [6, 6.07) is 16.2. The van der Waals surface area contributed by atoms with E-state index in [2.05, 4.69) is 5.32 Å². The summed E-state index contributed by atoms with van der Waals surface area (Å²) in [7, 11) is 0. The van der Waals surface area contributed by atoms with Crippen molar-refractivity contribution in [1.29, 1.82) is 5.26 Å². The van der Waals surface area contributed by atoms with E-state index in [1.54, 1.807) is 42.5 Å². The van der Waals surface area contributed by atoms with Gasteiger partial charge in [-0.3, -0.25) is 14.4 Å². The van der Waals surface area contributed by atoms with Crippen LogP contribution in [0.3, 0.4) is 0 Å². The molecule has 2 aromatic rings. The summed E-state index contributed by atoms with van der Waals surface area (Å²) in [5.74, 6) is -0.936. The van der Waals surface area contributed by atoms with Gasteiger partial charge in [0.15, 0.2) is 6.61 Å². The Morgan fingerprint density at radius 2 is 1.97 bits per heavy atom. The predicted octanol–water partition coefficient (Wildman–Crippen LogP) is 3.24. The van der Waals surface area contributed by atoms with Gasteiger partial charge >= 0.3 is 5.97 Å². The molecule has 32 heavy (non-hydrogen) atoms. The Morgan fingerprint density at radius 1 is 1.22 bits per heavy atom. The molecule has 0 saturated carbocycles. The van der Waals surface area contributed by atoms with Crippen molar-refractivity contribution in [3.63, 3.8) is 0 Å². The molecule has 1 N–H and O–H groups in total. The Labute approximate surface area is 190 Å². The van der Waals surface area contributed by atoms with Gasteiger partial charge in [-0.15, -0.1) is 11.8 Å². The van der Waals surface area contributed by atoms with Crippen molar-refractivity contribution in [1.82, 2.24) is 0 Å². The Bertz CT molecular complexity index is 1020. The van der Waals surface area contributed by atoms with E-state index in [0.717, 1.165) is 4.90 Å². The third-order valence-electron chi connectivity index (χ3n) is 4.72. The van der Waals surface area contributed by atoms with Crippen molar-refractivity contribution in [3.8, 4) is 11.8 Å². The molecule has 8 nitrogen and oxygen atoms in total. The van der Waals surface area contributed by atoms with Crippen LogP contribution in [0.4, 0.5) is 11.4 Å². The molecule has 9 heteroatoms. The zero-order valence-corrected chi connectivity index (χ0v) is 18.4. The number of amides is 2. The van der Waals surface area contributed by atoms with Crippen LogP contribution >= 0.6 is 11.8 Å². The van der Waals surface area contributed by atoms with Crippen LogP contribution in [0.1, 0.15) is 13.3 Å². The molecule has 0 spiro atoms. The first kappa shape index (κ1) is 23.2. The molecular formula is C23H23N3O5S. The molecule has 1 heterocycles. The normalized spacial score (nSPS) is 15.2. The van der Waals surface area contributed by atoms with Crippen LogP contribution in [0.25, 0.3) is 0 Å². The van der Waals surface area contributed by atoms with Crippen LogP contribution in [0.2, 0.25) is 0 Å². The van der Waals surface area contributed by atoms with Gasteiger partial charge in [0.2, 0.25) is 5.91 Å². The fourth-order valence-corrected chi connectivity index (χ4v) is 3.92. The summed E-state index contributed by atoms with van der Waals surface area (Å²) in [4.78, 5) is 39.3. The van der Waals surface area contributed by atoms with E-state index in [1.807, 2.05) is 19.1 Å². The van der Waals surface area contributed by atoms with E-state index in [0.29, 0.717) is 23.7 Å². The minimum atomic E-state index is -0.639. The van der Waals surface area contributed by atoms with E-state index in [-0.39, 0.29) is 24.6 Å². The van der Waals surface area contributed by atoms with Crippen molar-refractivity contribution in [2.45, 2.75) is 18.2 Å². The topological polar surface area (TPSA) is 109 Å². The summed E-state index contributed by atoms with van der Waals surface area (Å²) in [5.41, 5.74) is 1.23. The number of esters is 1. The van der Waals surface area contributed by atoms with Crippen LogP contribution in [0, 0.1) is 17.2 Å². The number of benzene rings is 2. The van der Waals surface area contributed by atoms with Crippen LogP contribution < -0.4 is 15.0 Å². The number of nitrogens with zero attached hydrogens (tertiary/aromatic N) is 2. The number of ether oxygens (including phenoxy) is 2. The molecule has 0 aromatic heterocycles. The van der Waals surface area contributed by atoms with Crippen molar-refractivity contribution in [3.05, 3.63) is 48.5 Å². The first-order valence-corrected chi connectivity index (χ1v) is 11.1. The van der Waals surface area contributed by atoms with E-state index in [9.17, 15) is 14.4 Å². The van der Waals surface area contributed by atoms with Crippen molar-refractivity contribution in [2.24, 2.45) is 5.92 Å². The number of anilines is 2. The van der Waals surface area contributed by atoms with Crippen LogP contribution in [-0.2, 0) is 19.1 Å². The Hall–Kier alpha value is -3.51. The second kappa shape index (κ2) is 11.2. The summed E-state index contributed by atoms with van der Waals surface area (Å²) in [5, 5.41) is 11.4. The first-order chi connectivity index (χ1) is 15.5. The lowest BCUT2D eigenvalue weighted by Gasteiger charge is -2.17. The average Bonchev–Trinajstić information content (AvgIpc) is 3.19. The molecule has 0 aliphatic carbocycles. The van der Waals surface area contributed by atoms with E-state index < -0.39 is 24.4 Å². The monoisotopic (exact) mass is 453 g/mol. The lowest BCUT2D eigenvalue weighted by atomic mass is 10.1. The maximum absolute atomic E-state index is 12.4. The lowest BCUT2D eigenvalue weighted by Crippen LogP contribution is -2.28. The molecule has 3 rings (SSSR count). The fourth-order valence-electron chi connectivity index (χ4n) is 3.25. The smallest absolute Gasteiger partial charge is 0.311 e. The van der Waals surface area contributed by atoms with Gasteiger partial charge < -0.3 is 19.7 Å². The van der Waals surface area contributed by atoms with Crippen LogP contribution in [0.5, 0.6) is 5.75 Å². The minimum absolute atomic E-state index is 0.0291. The Balaban J connectivity index is 1.52. The average molecular weight is 454 g/mol. The molecule has 1 atom stereocenters. The molecule has 1 aliphatic rings. The molecule has 0 radical (unpaired) electrons. The highest BCUT2D eigenvalue weighted by Crippen LogP contribution is 2.28. The zero-order chi connectivity index (χ0) is 22.9. The lowest BCUT2D eigenvalue weighted by molar-refractivity contribution is -0.151. The SMILES string of the molecule is CCOc1ccc(N2CC(C(=O)OCC(=O)Nc3ccccc3SCC#N)CC2=O)cc1. The van der Waals surface area contributed by atoms with Crippen LogP contribution in [-0.4, -0.2) is 43.3 Å². The summed E-state index contributed by atoms with van der Waals surface area (Å²) in [6.45, 7) is 2.18. The molecule has 0 bridgehead atoms. The van der Waals surface area contributed by atoms with E-state index in [1.165, 1.54) is 16.7 Å². The molecule has 1 unspecified atom stereocenters. The number of nitriles is 1. The van der Waals surface area contributed by atoms with Gasteiger partial charge in [0.05, 0.1) is 30.0 Å². The highest BCUT2D eigenvalue weighted by molar-refractivity contribution is 7.99. The van der Waals surface area contributed by atoms with Gasteiger partial charge in [-0.05, 0) is 43.3 Å². The molecule has 1 fully saturated rings. The van der Waals surface area contributed by atoms with Gasteiger partial charge in [0, 0.05) is 23.5 Å². The number of hydrogen-bond acceptors (Lipinski definition) is 7. The molecule has 166 valence electrons. The van der Waals surface area contributed by atoms with Crippen LogP contribution in [0.15, 0.2) is 53.4 Å². The van der Waals surface area contributed by atoms with Crippen molar-refractivity contribution < 1.29 is 23.9 Å². The van der Waals surface area contributed by atoms with E-state index in [4.69, 9.17) is 14.7 Å². The molecule has 1 saturated heterocycles. The second-order valence-electron chi connectivity index (χ2n) is 6.93. The number of rotatable bonds is 9. The number of thioether (sulfide) groups is 1. The molecular weight excluding hydrogens is 430 g/mol. The molecule has 1 aliphatic heterocycles. The van der Waals surface area contributed by atoms with Gasteiger partial charge in [-0.25, -0.2) is 0 Å². The summed E-state index contributed by atoms with van der Waals surface area (Å²) >= 11 is 1.30. The summed E-state index contributed by atoms with van der Waals surface area (Å²) < 4.78 is 10.6. The largest absolute Gasteiger partial charge is 0.494 e. The standard InChI is InChI=1S/C23H23N3O5S/c1-2-30-18-9-7-17(8-10-18)26-14-16(13-22(26)28)23(29)31-15-21(27)25-19-5-3-4-6-20(19)32-12-11-24/h3-10,16H,2,12-15H2,1H3,(H,25,27). The number of carbonyl (C=O) groups excluding carboxylic acids is 3. The van der Waals surface area contributed by atoms with Gasteiger partial charge in [0.25, 0.3) is 5.91 Å². The third kappa shape index (κ3) is 6.02. The maximum atomic E-state index is 12.4. The predicted molar refractivity (Wildman–Crippen MR) is 120 cm³/mol. The number of hydrogen-bond donors (Lipinski definition) is 1. The van der Waals surface area contributed by atoms with Crippen molar-refractivity contribution >= 4 is 40.9 Å². The fraction of sp³-hybridized carbons (Fsp3) is 0.304. The number of carbonyl (C=O) groups is 3. The molecule has 2 amide bonds. The van der Waals surface area contributed by atoms with E-state index >= 15 is 0 Å². The number of para-hydroxylation sites is 1. The Morgan fingerprint density at radius 3 is 2.69 bits per heavy atom. The Kier molecular flexibility index (Phi) is 8.11.